The number of nitrogens with zero attached hydrogens (tertiary/aromatic N) is 1. The van der Waals surface area contributed by atoms with E-state index >= 15 is 0 Å². The van der Waals surface area contributed by atoms with Crippen LogP contribution in [0.2, 0.25) is 0 Å². The zero-order chi connectivity index (χ0) is 14.2. The molecule has 111 valence electrons. The molecule has 1 aliphatic heterocycles. The maximum absolute atomic E-state index is 12.0. The van der Waals surface area contributed by atoms with Crippen molar-refractivity contribution in [3.63, 3.8) is 0 Å². The largest absolute Gasteiger partial charge is 0.424 e. The number of aliphatic hydroxyl groups is 2. The van der Waals surface area contributed by atoms with Gasteiger partial charge < -0.3 is 15.1 Å². The minimum atomic E-state index is -0.529. The molecule has 1 aliphatic carbocycles. The molecule has 4 atom stereocenters. The van der Waals surface area contributed by atoms with E-state index in [9.17, 15) is 15.0 Å². The average Bonchev–Trinajstić information content (AvgIpc) is 2.63. The molecule has 0 aromatic rings. The van der Waals surface area contributed by atoms with Gasteiger partial charge in [-0.1, -0.05) is 25.0 Å². The number of rotatable bonds is 3. The smallest absolute Gasteiger partial charge is 0.227 e. The van der Waals surface area contributed by atoms with Crippen molar-refractivity contribution >= 4 is 5.91 Å². The van der Waals surface area contributed by atoms with Crippen LogP contribution in [0.4, 0.5) is 0 Å². The van der Waals surface area contributed by atoms with E-state index in [2.05, 4.69) is 13.8 Å². The number of aliphatic hydroxyl groups excluding tert-OH is 2. The fourth-order valence-electron chi connectivity index (χ4n) is 3.06. The first-order valence-electron chi connectivity index (χ1n) is 7.04. The zero-order valence-corrected chi connectivity index (χ0v) is 15.4. The molecule has 0 saturated heterocycles. The van der Waals surface area contributed by atoms with E-state index in [-0.39, 0.29) is 57.1 Å². The van der Waals surface area contributed by atoms with E-state index in [4.69, 9.17) is 0 Å². The molecule has 1 amide bonds. The maximum atomic E-state index is 12.0. The summed E-state index contributed by atoms with van der Waals surface area (Å²) in [5.74, 6) is 1.60. The summed E-state index contributed by atoms with van der Waals surface area (Å²) in [6.07, 6.45) is 2.75. The second-order valence-corrected chi connectivity index (χ2v) is 6.09. The van der Waals surface area contributed by atoms with Gasteiger partial charge in [-0.3, -0.25) is 10.7 Å². The zero-order valence-electron chi connectivity index (χ0n) is 12.5. The van der Waals surface area contributed by atoms with Gasteiger partial charge in [-0.25, -0.2) is 0 Å². The van der Waals surface area contributed by atoms with Gasteiger partial charge in [0, 0.05) is 58.5 Å². The summed E-state index contributed by atoms with van der Waals surface area (Å²) in [5, 5.41) is 19.2. The topological polar surface area (TPSA) is 60.8 Å². The van der Waals surface area contributed by atoms with Crippen LogP contribution in [-0.2, 0) is 37.5 Å². The van der Waals surface area contributed by atoms with Crippen LogP contribution in [0, 0.1) is 23.7 Å². The van der Waals surface area contributed by atoms with Gasteiger partial charge in [-0.2, -0.15) is 6.92 Å². The van der Waals surface area contributed by atoms with Crippen LogP contribution in [0.3, 0.4) is 0 Å². The number of carbonyl (C=O) groups is 1. The normalized spacial score (nSPS) is 35.0. The molecule has 20 heavy (non-hydrogen) atoms. The van der Waals surface area contributed by atoms with Crippen molar-refractivity contribution in [3.8, 4) is 0 Å². The third-order valence-electron chi connectivity index (χ3n) is 4.73. The van der Waals surface area contributed by atoms with E-state index < -0.39 is 6.10 Å². The number of hydrogen-bond acceptors (Lipinski definition) is 3. The summed E-state index contributed by atoms with van der Waals surface area (Å²) in [6, 6.07) is 0. The van der Waals surface area contributed by atoms with Crippen LogP contribution < -0.4 is 0 Å². The number of carbonyl (C=O) groups excluding carboxylic acids is 1. The Labute approximate surface area is 146 Å². The quantitative estimate of drug-likeness (QED) is 0.752. The van der Waals surface area contributed by atoms with Gasteiger partial charge in [-0.15, -0.1) is 5.92 Å². The van der Waals surface area contributed by atoms with Crippen LogP contribution in [0.15, 0.2) is 11.8 Å². The van der Waals surface area contributed by atoms with E-state index in [0.717, 1.165) is 12.3 Å². The molecule has 1 fully saturated rings. The molecule has 4 unspecified atom stereocenters. The van der Waals surface area contributed by atoms with Gasteiger partial charge in [0.25, 0.3) is 0 Å². The van der Waals surface area contributed by atoms with E-state index in [1.165, 1.54) is 5.57 Å². The average molecular weight is 355 g/mol. The molecule has 2 rings (SSSR count). The van der Waals surface area contributed by atoms with Crippen molar-refractivity contribution < 1.29 is 47.7 Å². The fourth-order valence-corrected chi connectivity index (χ4v) is 3.06. The second kappa shape index (κ2) is 7.48. The Balaban J connectivity index is 0.00000200. The fraction of sp³-hybridized carbons (Fsp3) is 0.733. The van der Waals surface area contributed by atoms with Crippen LogP contribution in [0.5, 0.6) is 0 Å². The molecule has 0 aromatic carbocycles. The molecular formula is C15H24NO3Y-. The Bertz CT molecular complexity index is 385. The minimum Gasteiger partial charge on any atom is -0.424 e. The molecule has 2 N–H and O–H groups in total. The molecule has 5 heteroatoms. The van der Waals surface area contributed by atoms with Gasteiger partial charge >= 0.3 is 0 Å². The molecule has 0 aromatic heterocycles. The van der Waals surface area contributed by atoms with Crippen molar-refractivity contribution in [2.75, 3.05) is 13.2 Å². The van der Waals surface area contributed by atoms with Crippen molar-refractivity contribution in [1.29, 1.82) is 0 Å². The summed E-state index contributed by atoms with van der Waals surface area (Å²) >= 11 is 0. The molecule has 4 nitrogen and oxygen atoms in total. The second-order valence-electron chi connectivity index (χ2n) is 6.09. The van der Waals surface area contributed by atoms with E-state index in [1.807, 2.05) is 13.1 Å². The third kappa shape index (κ3) is 3.70. The van der Waals surface area contributed by atoms with Crippen LogP contribution in [0.1, 0.15) is 33.6 Å². The molecule has 1 heterocycles. The Morgan fingerprint density at radius 3 is 2.70 bits per heavy atom. The number of hydrogen-bond donors (Lipinski definition) is 2. The summed E-state index contributed by atoms with van der Waals surface area (Å²) in [6.45, 7) is 6.69. The van der Waals surface area contributed by atoms with Crippen LogP contribution in [0.25, 0.3) is 0 Å². The van der Waals surface area contributed by atoms with Gasteiger partial charge in [0.2, 0.25) is 5.91 Å². The summed E-state index contributed by atoms with van der Waals surface area (Å²) in [7, 11) is 0. The first-order valence-corrected chi connectivity index (χ1v) is 7.04. The standard InChI is InChI=1S/C15H24NO3.Y/c1-9-4-14(18)16(6-10(9)2)7-12-5-13(8-17)15(19)11(12)3;/h6,9,12-13,15,17,19H,4-5,7-8H2,1-3H3;/q-1;. The molecule has 1 radical (unpaired) electrons. The Kier molecular flexibility index (Phi) is 6.84. The summed E-state index contributed by atoms with van der Waals surface area (Å²) in [5.41, 5.74) is 1.23. The minimum absolute atomic E-state index is 0. The number of allylic oxidation sites excluding steroid dienone is 1. The predicted molar refractivity (Wildman–Crippen MR) is 72.9 cm³/mol. The molecular weight excluding hydrogens is 331 g/mol. The van der Waals surface area contributed by atoms with Crippen LogP contribution >= 0.6 is 0 Å². The predicted octanol–water partition coefficient (Wildman–Crippen LogP) is 1.34. The molecule has 2 aliphatic rings. The van der Waals surface area contributed by atoms with Gasteiger partial charge in [0.05, 0.1) is 0 Å². The first-order chi connectivity index (χ1) is 8.93. The monoisotopic (exact) mass is 355 g/mol. The Morgan fingerprint density at radius 2 is 2.15 bits per heavy atom. The summed E-state index contributed by atoms with van der Waals surface area (Å²) < 4.78 is 0. The van der Waals surface area contributed by atoms with Crippen molar-refractivity contribution in [1.82, 2.24) is 4.90 Å². The first kappa shape index (κ1) is 18.3. The molecule has 0 spiro atoms. The third-order valence-corrected chi connectivity index (χ3v) is 4.73. The van der Waals surface area contributed by atoms with Gasteiger partial charge in [0.1, 0.15) is 0 Å². The van der Waals surface area contributed by atoms with Crippen molar-refractivity contribution in [2.24, 2.45) is 17.8 Å². The number of amides is 1. The Hall–Kier alpha value is 0.234. The van der Waals surface area contributed by atoms with E-state index in [0.29, 0.717) is 18.9 Å². The molecule has 0 bridgehead atoms. The van der Waals surface area contributed by atoms with Gasteiger partial charge in [0.15, 0.2) is 0 Å². The SMILES string of the molecule is CC1=CN(CC2CC(CO)C(O)[C-]2C)C(=O)CC1C.[Y]. The van der Waals surface area contributed by atoms with Crippen molar-refractivity contribution in [2.45, 2.75) is 39.7 Å². The Morgan fingerprint density at radius 1 is 1.50 bits per heavy atom. The summed E-state index contributed by atoms with van der Waals surface area (Å²) in [4.78, 5) is 13.8. The van der Waals surface area contributed by atoms with Crippen molar-refractivity contribution in [3.05, 3.63) is 17.7 Å². The maximum Gasteiger partial charge on any atom is 0.227 e. The van der Waals surface area contributed by atoms with E-state index in [1.54, 1.807) is 4.90 Å². The van der Waals surface area contributed by atoms with Gasteiger partial charge in [-0.05, 0) is 18.8 Å². The molecule has 1 saturated carbocycles. The van der Waals surface area contributed by atoms with Crippen LogP contribution in [-0.4, -0.2) is 40.3 Å².